The molecule has 1 N–H and O–H groups in total. The van der Waals surface area contributed by atoms with E-state index in [9.17, 15) is 0 Å². The Balaban J connectivity index is 1.50. The normalized spacial score (nSPS) is 18.6. The quantitative estimate of drug-likeness (QED) is 0.797. The fourth-order valence-corrected chi connectivity index (χ4v) is 3.01. The fraction of sp³-hybridized carbons (Fsp3) is 0.375. The van der Waals surface area contributed by atoms with Gasteiger partial charge in [-0.1, -0.05) is 35.5 Å². The summed E-state index contributed by atoms with van der Waals surface area (Å²) in [7, 11) is 0. The maximum atomic E-state index is 5.42. The van der Waals surface area contributed by atoms with Crippen molar-refractivity contribution in [3.8, 4) is 11.4 Å². The topological polar surface area (TPSA) is 83.7 Å². The largest absolute Gasteiger partial charge is 0.338 e. The number of benzene rings is 1. The van der Waals surface area contributed by atoms with Gasteiger partial charge in [-0.15, -0.1) is 0 Å². The Bertz CT molecular complexity index is 781. The van der Waals surface area contributed by atoms with E-state index in [0.29, 0.717) is 18.3 Å². The number of nitrogens with one attached hydrogen (secondary N) is 1. The number of likely N-dealkylation sites (tertiary alicyclic amines) is 1. The molecule has 1 aliphatic heterocycles. The third-order valence-electron chi connectivity index (χ3n) is 4.11. The van der Waals surface area contributed by atoms with Gasteiger partial charge in [0.2, 0.25) is 11.7 Å². The second kappa shape index (κ2) is 5.92. The van der Waals surface area contributed by atoms with Crippen molar-refractivity contribution in [1.29, 1.82) is 0 Å². The van der Waals surface area contributed by atoms with E-state index in [1.54, 1.807) is 0 Å². The molecule has 0 spiro atoms. The lowest BCUT2D eigenvalue weighted by Gasteiger charge is -2.19. The van der Waals surface area contributed by atoms with Crippen LogP contribution in [0.5, 0.6) is 0 Å². The molecule has 1 atom stereocenters. The predicted octanol–water partition coefficient (Wildman–Crippen LogP) is 2.50. The number of nitrogens with zero attached hydrogens (tertiary/aromatic N) is 5. The van der Waals surface area contributed by atoms with Crippen LogP contribution in [0.3, 0.4) is 0 Å². The highest BCUT2D eigenvalue weighted by Crippen LogP contribution is 2.31. The highest BCUT2D eigenvalue weighted by Gasteiger charge is 2.30. The Labute approximate surface area is 133 Å². The minimum atomic E-state index is 0.215. The van der Waals surface area contributed by atoms with Crippen molar-refractivity contribution in [2.75, 3.05) is 6.54 Å². The molecule has 1 aliphatic rings. The summed E-state index contributed by atoms with van der Waals surface area (Å²) in [5.74, 6) is 2.95. The molecule has 0 bridgehead atoms. The molecule has 4 rings (SSSR count). The van der Waals surface area contributed by atoms with Crippen LogP contribution in [0.2, 0.25) is 0 Å². The van der Waals surface area contributed by atoms with E-state index in [4.69, 9.17) is 4.52 Å². The Morgan fingerprint density at radius 1 is 1.26 bits per heavy atom. The molecule has 7 heteroatoms. The first-order chi connectivity index (χ1) is 11.3. The first-order valence-corrected chi connectivity index (χ1v) is 7.80. The molecule has 2 aromatic heterocycles. The first kappa shape index (κ1) is 14.1. The lowest BCUT2D eigenvalue weighted by Crippen LogP contribution is -2.23. The van der Waals surface area contributed by atoms with Crippen molar-refractivity contribution in [3.63, 3.8) is 0 Å². The van der Waals surface area contributed by atoms with Crippen LogP contribution in [-0.4, -0.2) is 36.8 Å². The van der Waals surface area contributed by atoms with Gasteiger partial charge >= 0.3 is 0 Å². The molecule has 1 fully saturated rings. The van der Waals surface area contributed by atoms with Crippen molar-refractivity contribution in [2.24, 2.45) is 0 Å². The molecule has 1 saturated heterocycles. The Morgan fingerprint density at radius 3 is 2.91 bits per heavy atom. The lowest BCUT2D eigenvalue weighted by molar-refractivity contribution is 0.206. The van der Waals surface area contributed by atoms with Crippen LogP contribution >= 0.6 is 0 Å². The Morgan fingerprint density at radius 2 is 2.13 bits per heavy atom. The maximum Gasteiger partial charge on any atom is 0.241 e. The predicted molar refractivity (Wildman–Crippen MR) is 83.2 cm³/mol. The zero-order valence-electron chi connectivity index (χ0n) is 12.9. The van der Waals surface area contributed by atoms with Crippen molar-refractivity contribution in [2.45, 2.75) is 32.4 Å². The van der Waals surface area contributed by atoms with Crippen molar-refractivity contribution < 1.29 is 4.52 Å². The zero-order valence-corrected chi connectivity index (χ0v) is 12.9. The molecule has 1 aromatic carbocycles. The van der Waals surface area contributed by atoms with E-state index in [-0.39, 0.29) is 6.04 Å². The molecule has 0 saturated carbocycles. The molecule has 118 valence electrons. The summed E-state index contributed by atoms with van der Waals surface area (Å²) in [6.07, 6.45) is 2.18. The Kier molecular flexibility index (Phi) is 3.63. The molecule has 3 aromatic rings. The van der Waals surface area contributed by atoms with Gasteiger partial charge in [-0.3, -0.25) is 10.00 Å². The van der Waals surface area contributed by atoms with E-state index in [2.05, 4.69) is 30.2 Å². The summed E-state index contributed by atoms with van der Waals surface area (Å²) in [6, 6.07) is 10.1. The highest BCUT2D eigenvalue weighted by atomic mass is 16.5. The molecule has 23 heavy (non-hydrogen) atoms. The van der Waals surface area contributed by atoms with Gasteiger partial charge < -0.3 is 4.52 Å². The number of aromatic amines is 1. The second-order valence-corrected chi connectivity index (χ2v) is 5.79. The van der Waals surface area contributed by atoms with Crippen LogP contribution in [0.4, 0.5) is 0 Å². The molecule has 0 radical (unpaired) electrons. The molecule has 3 heterocycles. The van der Waals surface area contributed by atoms with Crippen LogP contribution in [0, 0.1) is 6.92 Å². The second-order valence-electron chi connectivity index (χ2n) is 5.79. The number of hydrogen-bond acceptors (Lipinski definition) is 6. The highest BCUT2D eigenvalue weighted by molar-refractivity contribution is 5.53. The maximum absolute atomic E-state index is 5.42. The Hall–Kier alpha value is -2.54. The van der Waals surface area contributed by atoms with Gasteiger partial charge in [0.15, 0.2) is 5.82 Å². The van der Waals surface area contributed by atoms with Crippen LogP contribution in [0.25, 0.3) is 11.4 Å². The van der Waals surface area contributed by atoms with Crippen molar-refractivity contribution in [1.82, 2.24) is 30.2 Å². The first-order valence-electron chi connectivity index (χ1n) is 7.80. The number of aromatic nitrogens is 5. The van der Waals surface area contributed by atoms with Gasteiger partial charge in [0.1, 0.15) is 5.82 Å². The standard InChI is InChI=1S/C16H18N6O/c1-11-17-16(20-19-11)13-8-5-9-22(13)10-14-18-15(21-23-14)12-6-3-2-4-7-12/h2-4,6-7,13H,5,8-10H2,1H3,(H,17,19,20)/t13-/m1/s1. The van der Waals surface area contributed by atoms with Crippen LogP contribution in [0.1, 0.15) is 36.4 Å². The number of H-pyrrole nitrogens is 1. The van der Waals surface area contributed by atoms with E-state index in [0.717, 1.165) is 36.6 Å². The third-order valence-corrected chi connectivity index (χ3v) is 4.11. The summed E-state index contributed by atoms with van der Waals surface area (Å²) in [5, 5.41) is 11.3. The fourth-order valence-electron chi connectivity index (χ4n) is 3.01. The van der Waals surface area contributed by atoms with Gasteiger partial charge in [0.25, 0.3) is 0 Å². The average molecular weight is 310 g/mol. The molecule has 0 aliphatic carbocycles. The van der Waals surface area contributed by atoms with Gasteiger partial charge in [-0.2, -0.15) is 10.1 Å². The summed E-state index contributed by atoms with van der Waals surface area (Å²) in [4.78, 5) is 11.3. The molecule has 0 unspecified atom stereocenters. The summed E-state index contributed by atoms with van der Waals surface area (Å²) in [6.45, 7) is 3.53. The van der Waals surface area contributed by atoms with E-state index >= 15 is 0 Å². The van der Waals surface area contributed by atoms with E-state index in [1.165, 1.54) is 0 Å². The van der Waals surface area contributed by atoms with Crippen molar-refractivity contribution >= 4 is 0 Å². The van der Waals surface area contributed by atoms with Crippen LogP contribution < -0.4 is 0 Å². The number of rotatable bonds is 4. The average Bonchev–Trinajstić information content (AvgIpc) is 3.29. The van der Waals surface area contributed by atoms with E-state index < -0.39 is 0 Å². The zero-order chi connectivity index (χ0) is 15.6. The summed E-state index contributed by atoms with van der Waals surface area (Å²) >= 11 is 0. The van der Waals surface area contributed by atoms with Gasteiger partial charge in [0, 0.05) is 5.56 Å². The van der Waals surface area contributed by atoms with Gasteiger partial charge in [-0.05, 0) is 26.3 Å². The number of hydrogen-bond donors (Lipinski definition) is 1. The summed E-state index contributed by atoms with van der Waals surface area (Å²) in [5.41, 5.74) is 0.963. The molecule has 7 nitrogen and oxygen atoms in total. The molecular weight excluding hydrogens is 292 g/mol. The minimum absolute atomic E-state index is 0.215. The third kappa shape index (κ3) is 2.87. The monoisotopic (exact) mass is 310 g/mol. The van der Waals surface area contributed by atoms with Crippen molar-refractivity contribution in [3.05, 3.63) is 47.9 Å². The SMILES string of the molecule is Cc1nc([C@H]2CCCN2Cc2nc(-c3ccccc3)no2)n[nH]1. The molecular formula is C16H18N6O. The van der Waals surface area contributed by atoms with E-state index in [1.807, 2.05) is 37.3 Å². The lowest BCUT2D eigenvalue weighted by atomic mass is 10.2. The van der Waals surface area contributed by atoms with Gasteiger partial charge in [0.05, 0.1) is 12.6 Å². The van der Waals surface area contributed by atoms with Crippen LogP contribution in [0.15, 0.2) is 34.9 Å². The molecule has 0 amide bonds. The minimum Gasteiger partial charge on any atom is -0.338 e. The van der Waals surface area contributed by atoms with Crippen LogP contribution in [-0.2, 0) is 6.54 Å². The summed E-state index contributed by atoms with van der Waals surface area (Å²) < 4.78 is 5.42. The smallest absolute Gasteiger partial charge is 0.241 e. The number of aryl methyl sites for hydroxylation is 1. The van der Waals surface area contributed by atoms with Gasteiger partial charge in [-0.25, -0.2) is 4.98 Å².